The van der Waals surface area contributed by atoms with Crippen LogP contribution in [0.3, 0.4) is 0 Å². The highest BCUT2D eigenvalue weighted by Crippen LogP contribution is 2.25. The molecule has 0 bridgehead atoms. The number of para-hydroxylation sites is 1. The molecule has 0 saturated heterocycles. The van der Waals surface area contributed by atoms with E-state index in [0.717, 1.165) is 12.1 Å². The molecule has 0 fully saturated rings. The molecule has 0 aliphatic rings. The molecule has 0 spiro atoms. The maximum atomic E-state index is 10.7. The lowest BCUT2D eigenvalue weighted by atomic mass is 10.1. The van der Waals surface area contributed by atoms with Crippen molar-refractivity contribution < 1.29 is 4.92 Å². The SMILES string of the molecule is CC(C)CN(C)Cc1cccc([N+](=O)[O-])c1N. The lowest BCUT2D eigenvalue weighted by molar-refractivity contribution is -0.384. The summed E-state index contributed by atoms with van der Waals surface area (Å²) in [6.45, 7) is 5.83. The fourth-order valence-corrected chi connectivity index (χ4v) is 1.88. The Bertz CT molecular complexity index is 405. The van der Waals surface area contributed by atoms with Crippen LogP contribution in [0.15, 0.2) is 18.2 Å². The van der Waals surface area contributed by atoms with Gasteiger partial charge in [0.1, 0.15) is 5.69 Å². The molecule has 0 radical (unpaired) electrons. The molecular formula is C12H19N3O2. The summed E-state index contributed by atoms with van der Waals surface area (Å²) in [4.78, 5) is 12.4. The molecule has 5 nitrogen and oxygen atoms in total. The largest absolute Gasteiger partial charge is 0.393 e. The number of nitrogens with two attached hydrogens (primary N) is 1. The first kappa shape index (κ1) is 13.4. The van der Waals surface area contributed by atoms with Crippen molar-refractivity contribution in [2.75, 3.05) is 19.3 Å². The van der Waals surface area contributed by atoms with Gasteiger partial charge in [-0.25, -0.2) is 0 Å². The Hall–Kier alpha value is -1.62. The van der Waals surface area contributed by atoms with E-state index in [-0.39, 0.29) is 11.4 Å². The van der Waals surface area contributed by atoms with Crippen LogP contribution in [0.5, 0.6) is 0 Å². The third-order valence-corrected chi connectivity index (χ3v) is 2.49. The number of rotatable bonds is 5. The number of hydrogen-bond donors (Lipinski definition) is 1. The van der Waals surface area contributed by atoms with Gasteiger partial charge >= 0.3 is 0 Å². The normalized spacial score (nSPS) is 11.1. The number of nitrogen functional groups attached to an aromatic ring is 1. The van der Waals surface area contributed by atoms with Gasteiger partial charge in [-0.2, -0.15) is 0 Å². The van der Waals surface area contributed by atoms with E-state index in [2.05, 4.69) is 18.7 Å². The second kappa shape index (κ2) is 5.63. The van der Waals surface area contributed by atoms with E-state index >= 15 is 0 Å². The van der Waals surface area contributed by atoms with Crippen LogP contribution in [0.1, 0.15) is 19.4 Å². The van der Waals surface area contributed by atoms with Crippen molar-refractivity contribution in [1.82, 2.24) is 4.90 Å². The van der Waals surface area contributed by atoms with E-state index in [4.69, 9.17) is 5.73 Å². The third kappa shape index (κ3) is 3.71. The van der Waals surface area contributed by atoms with Crippen LogP contribution in [-0.2, 0) is 6.54 Å². The number of nitro groups is 1. The molecule has 1 aromatic rings. The molecular weight excluding hydrogens is 218 g/mol. The Labute approximate surface area is 101 Å². The molecule has 5 heteroatoms. The first-order valence-corrected chi connectivity index (χ1v) is 5.62. The third-order valence-electron chi connectivity index (χ3n) is 2.49. The summed E-state index contributed by atoms with van der Waals surface area (Å²) in [7, 11) is 1.98. The standard InChI is InChI=1S/C12H19N3O2/c1-9(2)7-14(3)8-10-5-4-6-11(12(10)13)15(16)17/h4-6,9H,7-8,13H2,1-3H3. The van der Waals surface area contributed by atoms with Crippen molar-refractivity contribution >= 4 is 11.4 Å². The minimum atomic E-state index is -0.443. The first-order valence-electron chi connectivity index (χ1n) is 5.62. The molecule has 1 aromatic carbocycles. The maximum Gasteiger partial charge on any atom is 0.292 e. The lowest BCUT2D eigenvalue weighted by Crippen LogP contribution is -2.23. The molecule has 0 atom stereocenters. The minimum absolute atomic E-state index is 0.0135. The fourth-order valence-electron chi connectivity index (χ4n) is 1.88. The summed E-state index contributed by atoms with van der Waals surface area (Å²) in [6.07, 6.45) is 0. The number of nitro benzene ring substituents is 1. The van der Waals surface area contributed by atoms with Gasteiger partial charge in [-0.05, 0) is 18.5 Å². The molecule has 0 aromatic heterocycles. The summed E-state index contributed by atoms with van der Waals surface area (Å²) in [5.74, 6) is 0.555. The zero-order valence-electron chi connectivity index (χ0n) is 10.5. The van der Waals surface area contributed by atoms with E-state index in [1.165, 1.54) is 6.07 Å². The van der Waals surface area contributed by atoms with Gasteiger partial charge in [0, 0.05) is 19.2 Å². The van der Waals surface area contributed by atoms with E-state index in [1.54, 1.807) is 6.07 Å². The van der Waals surface area contributed by atoms with Crippen molar-refractivity contribution in [2.24, 2.45) is 5.92 Å². The van der Waals surface area contributed by atoms with Crippen LogP contribution in [0.4, 0.5) is 11.4 Å². The minimum Gasteiger partial charge on any atom is -0.393 e. The van der Waals surface area contributed by atoms with Gasteiger partial charge in [-0.15, -0.1) is 0 Å². The predicted molar refractivity (Wildman–Crippen MR) is 68.7 cm³/mol. The van der Waals surface area contributed by atoms with Crippen molar-refractivity contribution in [3.63, 3.8) is 0 Å². The summed E-state index contributed by atoms with van der Waals surface area (Å²) in [6, 6.07) is 4.94. The second-order valence-corrected chi connectivity index (χ2v) is 4.70. The molecule has 0 saturated carbocycles. The fraction of sp³-hybridized carbons (Fsp3) is 0.500. The zero-order chi connectivity index (χ0) is 13.0. The van der Waals surface area contributed by atoms with Crippen LogP contribution in [-0.4, -0.2) is 23.4 Å². The second-order valence-electron chi connectivity index (χ2n) is 4.70. The Balaban J connectivity index is 2.85. The van der Waals surface area contributed by atoms with Crippen molar-refractivity contribution in [3.8, 4) is 0 Å². The van der Waals surface area contributed by atoms with Crippen molar-refractivity contribution in [3.05, 3.63) is 33.9 Å². The Kier molecular flexibility index (Phi) is 4.45. The highest BCUT2D eigenvalue weighted by atomic mass is 16.6. The summed E-state index contributed by atoms with van der Waals surface area (Å²) < 4.78 is 0. The molecule has 0 aliphatic heterocycles. The van der Waals surface area contributed by atoms with E-state index in [9.17, 15) is 10.1 Å². The lowest BCUT2D eigenvalue weighted by Gasteiger charge is -2.19. The van der Waals surface area contributed by atoms with Crippen LogP contribution in [0.25, 0.3) is 0 Å². The molecule has 0 heterocycles. The van der Waals surface area contributed by atoms with Crippen molar-refractivity contribution in [2.45, 2.75) is 20.4 Å². The summed E-state index contributed by atoms with van der Waals surface area (Å²) in [5.41, 5.74) is 6.86. The van der Waals surface area contributed by atoms with Crippen molar-refractivity contribution in [1.29, 1.82) is 0 Å². The number of nitrogens with zero attached hydrogens (tertiary/aromatic N) is 2. The molecule has 2 N–H and O–H groups in total. The van der Waals surface area contributed by atoms with Gasteiger partial charge in [0.05, 0.1) is 4.92 Å². The van der Waals surface area contributed by atoms with Crippen LogP contribution in [0.2, 0.25) is 0 Å². The van der Waals surface area contributed by atoms with Gasteiger partial charge in [0.25, 0.3) is 5.69 Å². The Morgan fingerprint density at radius 1 is 1.47 bits per heavy atom. The van der Waals surface area contributed by atoms with E-state index < -0.39 is 4.92 Å². The molecule has 17 heavy (non-hydrogen) atoms. The zero-order valence-corrected chi connectivity index (χ0v) is 10.5. The highest BCUT2D eigenvalue weighted by molar-refractivity contribution is 5.62. The quantitative estimate of drug-likeness (QED) is 0.484. The topological polar surface area (TPSA) is 72.4 Å². The predicted octanol–water partition coefficient (Wildman–Crippen LogP) is 2.26. The van der Waals surface area contributed by atoms with Gasteiger partial charge in [0.15, 0.2) is 0 Å². The molecule has 1 rings (SSSR count). The van der Waals surface area contributed by atoms with E-state index in [1.807, 2.05) is 13.1 Å². The van der Waals surface area contributed by atoms with E-state index in [0.29, 0.717) is 12.5 Å². The highest BCUT2D eigenvalue weighted by Gasteiger charge is 2.15. The first-order chi connectivity index (χ1) is 7.91. The number of anilines is 1. The monoisotopic (exact) mass is 237 g/mol. The Morgan fingerprint density at radius 2 is 2.12 bits per heavy atom. The Morgan fingerprint density at radius 3 is 2.65 bits per heavy atom. The maximum absolute atomic E-state index is 10.7. The van der Waals surface area contributed by atoms with Crippen LogP contribution in [0, 0.1) is 16.0 Å². The van der Waals surface area contributed by atoms with Crippen LogP contribution >= 0.6 is 0 Å². The average Bonchev–Trinajstić information content (AvgIpc) is 2.19. The summed E-state index contributed by atoms with van der Waals surface area (Å²) in [5, 5.41) is 10.7. The number of benzene rings is 1. The average molecular weight is 237 g/mol. The van der Waals surface area contributed by atoms with Gasteiger partial charge < -0.3 is 10.6 Å². The number of hydrogen-bond acceptors (Lipinski definition) is 4. The molecule has 0 aliphatic carbocycles. The molecule has 94 valence electrons. The molecule has 0 amide bonds. The van der Waals surface area contributed by atoms with Crippen LogP contribution < -0.4 is 5.73 Å². The van der Waals surface area contributed by atoms with Gasteiger partial charge in [-0.3, -0.25) is 10.1 Å². The van der Waals surface area contributed by atoms with Gasteiger partial charge in [-0.1, -0.05) is 26.0 Å². The summed E-state index contributed by atoms with van der Waals surface area (Å²) >= 11 is 0. The van der Waals surface area contributed by atoms with Gasteiger partial charge in [0.2, 0.25) is 0 Å². The molecule has 0 unspecified atom stereocenters. The smallest absolute Gasteiger partial charge is 0.292 e.